The lowest BCUT2D eigenvalue weighted by molar-refractivity contribution is -0.144. The maximum Gasteiger partial charge on any atom is 0.306 e. The largest absolute Gasteiger partial charge is 0.465 e. The van der Waals surface area contributed by atoms with Gasteiger partial charge in [-0.1, -0.05) is 36.5 Å². The number of cyclic esters (lactones) is 1. The van der Waals surface area contributed by atoms with Crippen molar-refractivity contribution in [2.45, 2.75) is 52.4 Å². The van der Waals surface area contributed by atoms with Crippen molar-refractivity contribution < 1.29 is 19.1 Å². The number of hydrogen-bond acceptors (Lipinski definition) is 4. The van der Waals surface area contributed by atoms with Crippen molar-refractivity contribution in [3.8, 4) is 0 Å². The molecule has 1 rings (SSSR count). The Balaban J connectivity index is 0. The third kappa shape index (κ3) is 22.2. The van der Waals surface area contributed by atoms with E-state index in [9.17, 15) is 9.59 Å². The van der Waals surface area contributed by atoms with Crippen LogP contribution in [0.4, 0.5) is 0 Å². The van der Waals surface area contributed by atoms with Gasteiger partial charge >= 0.3 is 11.9 Å². The normalized spacial score (nSPS) is 14.5. The maximum absolute atomic E-state index is 10.9. The summed E-state index contributed by atoms with van der Waals surface area (Å²) in [6.07, 6.45) is 15.6. The Morgan fingerprint density at radius 1 is 1.25 bits per heavy atom. The van der Waals surface area contributed by atoms with Crippen molar-refractivity contribution in [3.63, 3.8) is 0 Å². The highest BCUT2D eigenvalue weighted by Crippen LogP contribution is 2.00. The van der Waals surface area contributed by atoms with Gasteiger partial charge in [0.05, 0.1) is 13.2 Å². The Morgan fingerprint density at radius 3 is 2.54 bits per heavy atom. The second-order valence-electron chi connectivity index (χ2n) is 4.83. The molecule has 0 N–H and O–H groups in total. The second kappa shape index (κ2) is 20.9. The van der Waals surface area contributed by atoms with Crippen LogP contribution in [0, 0.1) is 0 Å². The number of ether oxygens (including phenoxy) is 2. The van der Waals surface area contributed by atoms with Gasteiger partial charge < -0.3 is 9.47 Å². The molecule has 0 saturated carbocycles. The summed E-state index contributed by atoms with van der Waals surface area (Å²) in [7, 11) is 0. The molecule has 0 atom stereocenters. The van der Waals surface area contributed by atoms with Crippen LogP contribution in [-0.4, -0.2) is 25.2 Å². The number of carbonyl (C=O) groups excluding carboxylic acids is 2. The maximum atomic E-state index is 10.9. The zero-order valence-corrected chi connectivity index (χ0v) is 15.2. The van der Waals surface area contributed by atoms with E-state index in [0.717, 1.165) is 19.3 Å². The predicted molar refractivity (Wildman–Crippen MR) is 99.6 cm³/mol. The summed E-state index contributed by atoms with van der Waals surface area (Å²) < 4.78 is 9.70. The predicted octanol–water partition coefficient (Wildman–Crippen LogP) is 4.92. The van der Waals surface area contributed by atoms with E-state index in [0.29, 0.717) is 32.5 Å². The fourth-order valence-corrected chi connectivity index (χ4v) is 1.45. The molecule has 24 heavy (non-hydrogen) atoms. The lowest BCUT2D eigenvalue weighted by Crippen LogP contribution is -2.05. The first-order valence-electron chi connectivity index (χ1n) is 8.37. The minimum atomic E-state index is -0.139. The van der Waals surface area contributed by atoms with Crippen LogP contribution in [0.15, 0.2) is 49.6 Å². The van der Waals surface area contributed by atoms with Crippen LogP contribution in [0.2, 0.25) is 0 Å². The summed E-state index contributed by atoms with van der Waals surface area (Å²) in [4.78, 5) is 21.5. The first-order valence-corrected chi connectivity index (χ1v) is 8.37. The van der Waals surface area contributed by atoms with Crippen molar-refractivity contribution >= 4 is 11.9 Å². The highest BCUT2D eigenvalue weighted by Gasteiger charge is 2.01. The van der Waals surface area contributed by atoms with Gasteiger partial charge in [-0.05, 0) is 39.5 Å². The summed E-state index contributed by atoms with van der Waals surface area (Å²) in [6, 6.07) is 0. The summed E-state index contributed by atoms with van der Waals surface area (Å²) >= 11 is 0. The molecule has 0 aromatic heterocycles. The first kappa shape index (κ1) is 24.2. The molecular formula is C20H32O4. The van der Waals surface area contributed by atoms with Crippen LogP contribution in [0.3, 0.4) is 0 Å². The average molecular weight is 336 g/mol. The van der Waals surface area contributed by atoms with Gasteiger partial charge in [0.25, 0.3) is 0 Å². The fraction of sp³-hybridized carbons (Fsp3) is 0.500. The molecule has 0 saturated heterocycles. The average Bonchev–Trinajstić information content (AvgIpc) is 2.54. The molecule has 0 fully saturated rings. The highest BCUT2D eigenvalue weighted by atomic mass is 16.5. The Bertz CT molecular complexity index is 394. The van der Waals surface area contributed by atoms with Crippen LogP contribution in [0.5, 0.6) is 0 Å². The summed E-state index contributed by atoms with van der Waals surface area (Å²) in [5, 5.41) is 0. The molecule has 136 valence electrons. The zero-order chi connectivity index (χ0) is 18.5. The van der Waals surface area contributed by atoms with Crippen molar-refractivity contribution in [1.29, 1.82) is 0 Å². The lowest BCUT2D eigenvalue weighted by Gasteiger charge is -2.03. The molecule has 0 spiro atoms. The van der Waals surface area contributed by atoms with Gasteiger partial charge in [0.2, 0.25) is 0 Å². The molecule has 0 amide bonds. The summed E-state index contributed by atoms with van der Waals surface area (Å²) in [6.45, 7) is 11.8. The number of hydrogen-bond donors (Lipinski definition) is 0. The standard InChI is InChI=1S/C10H16O2.C7H10O2.C3H6/c1-3-5-7-9-12-10(11)8-6-4-2;8-7-5-3-1-2-4-6-9-7;1-3-2/h3-5H,2,6-9H2,1H3;1-2H,3-6H2;3H,1H2,2H3/b5-3-;2-1-;. The smallest absolute Gasteiger partial charge is 0.306 e. The second-order valence-corrected chi connectivity index (χ2v) is 4.83. The quantitative estimate of drug-likeness (QED) is 0.392. The Hall–Kier alpha value is -2.10. The zero-order valence-electron chi connectivity index (χ0n) is 15.2. The number of carbonyl (C=O) groups is 2. The Morgan fingerprint density at radius 2 is 1.92 bits per heavy atom. The van der Waals surface area contributed by atoms with Crippen LogP contribution in [-0.2, 0) is 19.1 Å². The van der Waals surface area contributed by atoms with E-state index < -0.39 is 0 Å². The molecule has 0 aromatic rings. The molecular weight excluding hydrogens is 304 g/mol. The van der Waals surface area contributed by atoms with E-state index in [4.69, 9.17) is 9.47 Å². The molecule has 0 bridgehead atoms. The van der Waals surface area contributed by atoms with Crippen LogP contribution in [0.25, 0.3) is 0 Å². The van der Waals surface area contributed by atoms with E-state index in [1.54, 1.807) is 12.2 Å². The lowest BCUT2D eigenvalue weighted by atomic mass is 10.2. The Kier molecular flexibility index (Phi) is 21.0. The molecule has 4 nitrogen and oxygen atoms in total. The monoisotopic (exact) mass is 336 g/mol. The van der Waals surface area contributed by atoms with E-state index in [1.165, 1.54) is 0 Å². The fourth-order valence-electron chi connectivity index (χ4n) is 1.45. The summed E-state index contributed by atoms with van der Waals surface area (Å²) in [5.41, 5.74) is 0. The van der Waals surface area contributed by atoms with Crippen molar-refractivity contribution in [2.24, 2.45) is 0 Å². The van der Waals surface area contributed by atoms with Crippen molar-refractivity contribution in [1.82, 2.24) is 0 Å². The van der Waals surface area contributed by atoms with Gasteiger partial charge in [-0.25, -0.2) is 0 Å². The first-order chi connectivity index (χ1) is 11.6. The minimum absolute atomic E-state index is 0.0700. The molecule has 0 radical (unpaired) electrons. The SMILES string of the molecule is C=CC.C=CCCC(=O)OCC/C=C\C.O=C1CC/C=C\CCO1. The number of rotatable bonds is 6. The number of allylic oxidation sites excluding steroid dienone is 4. The molecule has 4 heteroatoms. The van der Waals surface area contributed by atoms with Gasteiger partial charge in [-0.2, -0.15) is 0 Å². The van der Waals surface area contributed by atoms with E-state index in [2.05, 4.69) is 13.2 Å². The third-order valence-corrected chi connectivity index (χ3v) is 2.57. The van der Waals surface area contributed by atoms with E-state index in [-0.39, 0.29) is 11.9 Å². The molecule has 1 heterocycles. The van der Waals surface area contributed by atoms with Gasteiger partial charge in [0.1, 0.15) is 0 Å². The molecule has 0 unspecified atom stereocenters. The highest BCUT2D eigenvalue weighted by molar-refractivity contribution is 5.69. The van der Waals surface area contributed by atoms with Crippen LogP contribution >= 0.6 is 0 Å². The molecule has 0 aliphatic carbocycles. The topological polar surface area (TPSA) is 52.6 Å². The van der Waals surface area contributed by atoms with Crippen LogP contribution in [0.1, 0.15) is 52.4 Å². The molecule has 1 aliphatic rings. The van der Waals surface area contributed by atoms with Gasteiger partial charge in [0, 0.05) is 12.8 Å². The van der Waals surface area contributed by atoms with E-state index >= 15 is 0 Å². The van der Waals surface area contributed by atoms with E-state index in [1.807, 2.05) is 38.2 Å². The van der Waals surface area contributed by atoms with Gasteiger partial charge in [-0.15, -0.1) is 13.2 Å². The summed E-state index contributed by atoms with van der Waals surface area (Å²) in [5.74, 6) is -0.209. The van der Waals surface area contributed by atoms with Crippen molar-refractivity contribution in [2.75, 3.05) is 13.2 Å². The van der Waals surface area contributed by atoms with Gasteiger partial charge in [-0.3, -0.25) is 9.59 Å². The minimum Gasteiger partial charge on any atom is -0.465 e. The Labute approximate surface area is 146 Å². The van der Waals surface area contributed by atoms with Gasteiger partial charge in [0.15, 0.2) is 0 Å². The van der Waals surface area contributed by atoms with Crippen LogP contribution < -0.4 is 0 Å². The number of esters is 2. The van der Waals surface area contributed by atoms with Crippen molar-refractivity contribution in [3.05, 3.63) is 49.6 Å². The molecule has 1 aliphatic heterocycles. The third-order valence-electron chi connectivity index (χ3n) is 2.57. The molecule has 0 aromatic carbocycles.